The number of carbonyl (C=O) groups excluding carboxylic acids is 1. The van der Waals surface area contributed by atoms with Gasteiger partial charge in [-0.15, -0.1) is 0 Å². The van der Waals surface area contributed by atoms with Crippen molar-refractivity contribution in [1.82, 2.24) is 0 Å². The second kappa shape index (κ2) is 9.00. The van der Waals surface area contributed by atoms with Gasteiger partial charge in [0.05, 0.1) is 5.56 Å². The van der Waals surface area contributed by atoms with Crippen molar-refractivity contribution in [3.05, 3.63) is 117 Å². The minimum Gasteiger partial charge on any atom is -0.457 e. The number of esters is 1. The smallest absolute Gasteiger partial charge is 0.338 e. The quantitative estimate of drug-likeness (QED) is 0.308. The third-order valence-corrected chi connectivity index (χ3v) is 5.64. The van der Waals surface area contributed by atoms with Crippen LogP contribution < -0.4 is 5.63 Å². The molecule has 0 unspecified atom stereocenters. The Hall–Kier alpha value is -3.66. The molecule has 4 heteroatoms. The molecule has 1 heterocycles. The molecule has 4 rings (SSSR count). The van der Waals surface area contributed by atoms with Crippen LogP contribution >= 0.6 is 0 Å². The van der Waals surface area contributed by atoms with Crippen molar-refractivity contribution in [2.75, 3.05) is 0 Å². The van der Waals surface area contributed by atoms with Crippen LogP contribution in [0.1, 0.15) is 38.2 Å². The Morgan fingerprint density at radius 1 is 0.871 bits per heavy atom. The summed E-state index contributed by atoms with van der Waals surface area (Å²) in [5.41, 5.74) is 5.41. The Kier molecular flexibility index (Phi) is 5.99. The Morgan fingerprint density at radius 3 is 2.42 bits per heavy atom. The third-order valence-electron chi connectivity index (χ3n) is 5.64. The van der Waals surface area contributed by atoms with E-state index < -0.39 is 11.6 Å². The Morgan fingerprint density at radius 2 is 1.61 bits per heavy atom. The predicted molar refractivity (Wildman–Crippen MR) is 121 cm³/mol. The van der Waals surface area contributed by atoms with Gasteiger partial charge in [0.2, 0.25) is 0 Å². The molecule has 0 fully saturated rings. The molecule has 0 aliphatic heterocycles. The molecule has 0 aliphatic rings. The fraction of sp³-hybridized carbons (Fsp3) is 0.185. The van der Waals surface area contributed by atoms with Crippen molar-refractivity contribution < 1.29 is 13.9 Å². The van der Waals surface area contributed by atoms with Gasteiger partial charge in [0.25, 0.3) is 0 Å². The van der Waals surface area contributed by atoms with E-state index in [-0.39, 0.29) is 6.61 Å². The summed E-state index contributed by atoms with van der Waals surface area (Å²) in [4.78, 5) is 24.9. The molecule has 1 aromatic heterocycles. The first-order valence-corrected chi connectivity index (χ1v) is 10.3. The maximum Gasteiger partial charge on any atom is 0.338 e. The number of fused-ring (bicyclic) bond motifs is 1. The Bertz CT molecular complexity index is 1290. The monoisotopic (exact) mass is 412 g/mol. The van der Waals surface area contributed by atoms with E-state index in [2.05, 4.69) is 12.1 Å². The maximum atomic E-state index is 12.9. The first-order chi connectivity index (χ1) is 15.0. The van der Waals surface area contributed by atoms with Gasteiger partial charge in [-0.1, -0.05) is 60.7 Å². The van der Waals surface area contributed by atoms with E-state index in [1.165, 1.54) is 11.6 Å². The van der Waals surface area contributed by atoms with Crippen molar-refractivity contribution in [3.63, 3.8) is 0 Å². The predicted octanol–water partition coefficient (Wildman–Crippen LogP) is 5.55. The molecular formula is C27H24O4. The molecule has 0 saturated heterocycles. The van der Waals surface area contributed by atoms with Crippen LogP contribution in [0.25, 0.3) is 11.0 Å². The molecule has 156 valence electrons. The summed E-state index contributed by atoms with van der Waals surface area (Å²) in [6, 6.07) is 23.0. The number of aryl methyl sites for hydroxylation is 4. The minimum absolute atomic E-state index is 0.0104. The molecule has 0 N–H and O–H groups in total. The Balaban J connectivity index is 1.54. The maximum absolute atomic E-state index is 12.9. The second-order valence-electron chi connectivity index (χ2n) is 7.69. The van der Waals surface area contributed by atoms with Crippen LogP contribution in [0.4, 0.5) is 0 Å². The van der Waals surface area contributed by atoms with E-state index in [0.29, 0.717) is 16.7 Å². The van der Waals surface area contributed by atoms with Gasteiger partial charge < -0.3 is 9.15 Å². The summed E-state index contributed by atoms with van der Waals surface area (Å²) < 4.78 is 11.0. The zero-order valence-corrected chi connectivity index (χ0v) is 17.7. The topological polar surface area (TPSA) is 56.5 Å². The average molecular weight is 412 g/mol. The highest BCUT2D eigenvalue weighted by molar-refractivity contribution is 5.91. The molecule has 0 spiro atoms. The average Bonchev–Trinajstić information content (AvgIpc) is 2.79. The lowest BCUT2D eigenvalue weighted by Crippen LogP contribution is -2.11. The summed E-state index contributed by atoms with van der Waals surface area (Å²) in [5.74, 6) is -0.395. The van der Waals surface area contributed by atoms with Gasteiger partial charge in [-0.2, -0.15) is 0 Å². The fourth-order valence-corrected chi connectivity index (χ4v) is 3.73. The highest BCUT2D eigenvalue weighted by Gasteiger charge is 2.15. The third kappa shape index (κ3) is 4.58. The highest BCUT2D eigenvalue weighted by atomic mass is 16.5. The molecule has 0 radical (unpaired) electrons. The minimum atomic E-state index is -0.449. The van der Waals surface area contributed by atoms with E-state index in [9.17, 15) is 9.59 Å². The van der Waals surface area contributed by atoms with Crippen molar-refractivity contribution in [1.29, 1.82) is 0 Å². The number of benzene rings is 3. The lowest BCUT2D eigenvalue weighted by Gasteiger charge is -2.12. The van der Waals surface area contributed by atoms with E-state index in [0.717, 1.165) is 34.9 Å². The van der Waals surface area contributed by atoms with E-state index in [4.69, 9.17) is 9.15 Å². The lowest BCUT2D eigenvalue weighted by atomic mass is 10.00. The molecule has 0 bridgehead atoms. The normalized spacial score (nSPS) is 10.9. The van der Waals surface area contributed by atoms with Crippen LogP contribution in [0, 0.1) is 13.8 Å². The first kappa shape index (κ1) is 20.6. The molecule has 0 amide bonds. The van der Waals surface area contributed by atoms with Gasteiger partial charge >= 0.3 is 11.6 Å². The number of hydrogen-bond donors (Lipinski definition) is 0. The van der Waals surface area contributed by atoms with E-state index in [1.807, 2.05) is 62.4 Å². The Labute approximate surface area is 181 Å². The molecule has 4 nitrogen and oxygen atoms in total. The standard InChI is InChI=1S/C27H24O4/c1-18-12-15-23-22(16-25(28)31-26(23)19(18)2)17-30-27(29)24-11-7-6-10-21(24)14-13-20-8-4-3-5-9-20/h3-12,15-16H,13-14,17H2,1-2H3. The molecular weight excluding hydrogens is 388 g/mol. The van der Waals surface area contributed by atoms with Crippen LogP contribution in [0.15, 0.2) is 82.0 Å². The molecule has 0 aliphatic carbocycles. The molecule has 3 aromatic carbocycles. The zero-order chi connectivity index (χ0) is 21.8. The van der Waals surface area contributed by atoms with Crippen molar-refractivity contribution in [2.45, 2.75) is 33.3 Å². The summed E-state index contributed by atoms with van der Waals surface area (Å²) >= 11 is 0. The van der Waals surface area contributed by atoms with Gasteiger partial charge in [0.15, 0.2) is 0 Å². The van der Waals surface area contributed by atoms with E-state index >= 15 is 0 Å². The van der Waals surface area contributed by atoms with Crippen LogP contribution in [0.3, 0.4) is 0 Å². The molecule has 0 atom stereocenters. The summed E-state index contributed by atoms with van der Waals surface area (Å²) in [7, 11) is 0. The largest absolute Gasteiger partial charge is 0.457 e. The first-order valence-electron chi connectivity index (χ1n) is 10.3. The second-order valence-corrected chi connectivity index (χ2v) is 7.69. The lowest BCUT2D eigenvalue weighted by molar-refractivity contribution is 0.0472. The zero-order valence-electron chi connectivity index (χ0n) is 17.7. The van der Waals surface area contributed by atoms with Crippen molar-refractivity contribution in [3.8, 4) is 0 Å². The van der Waals surface area contributed by atoms with Crippen LogP contribution in [0.5, 0.6) is 0 Å². The number of ether oxygens (including phenoxy) is 1. The van der Waals surface area contributed by atoms with Gasteiger partial charge in [-0.25, -0.2) is 9.59 Å². The number of rotatable bonds is 6. The SMILES string of the molecule is Cc1ccc2c(COC(=O)c3ccccc3CCc3ccccc3)cc(=O)oc2c1C. The summed E-state index contributed by atoms with van der Waals surface area (Å²) in [5, 5.41) is 0.785. The van der Waals surface area contributed by atoms with Crippen LogP contribution in [-0.2, 0) is 24.2 Å². The number of carbonyl (C=O) groups is 1. The van der Waals surface area contributed by atoms with Gasteiger partial charge in [-0.05, 0) is 55.0 Å². The fourth-order valence-electron chi connectivity index (χ4n) is 3.73. The highest BCUT2D eigenvalue weighted by Crippen LogP contribution is 2.24. The van der Waals surface area contributed by atoms with E-state index in [1.54, 1.807) is 6.07 Å². The molecule has 4 aromatic rings. The van der Waals surface area contributed by atoms with Gasteiger partial charge in [0.1, 0.15) is 12.2 Å². The summed E-state index contributed by atoms with van der Waals surface area (Å²) in [6.45, 7) is 3.89. The van der Waals surface area contributed by atoms with Gasteiger partial charge in [0, 0.05) is 17.0 Å². The molecule has 0 saturated carbocycles. The van der Waals surface area contributed by atoms with Crippen LogP contribution in [-0.4, -0.2) is 5.97 Å². The van der Waals surface area contributed by atoms with Gasteiger partial charge in [-0.3, -0.25) is 0 Å². The summed E-state index contributed by atoms with van der Waals surface area (Å²) in [6.07, 6.45) is 1.58. The van der Waals surface area contributed by atoms with Crippen molar-refractivity contribution in [2.24, 2.45) is 0 Å². The molecule has 31 heavy (non-hydrogen) atoms. The van der Waals surface area contributed by atoms with Crippen molar-refractivity contribution >= 4 is 16.9 Å². The number of hydrogen-bond acceptors (Lipinski definition) is 4. The van der Waals surface area contributed by atoms with Crippen LogP contribution in [0.2, 0.25) is 0 Å².